The Labute approximate surface area is 130 Å². The zero-order chi connectivity index (χ0) is 15.9. The number of aromatic nitrogens is 1. The van der Waals surface area contributed by atoms with Gasteiger partial charge in [0.15, 0.2) is 0 Å². The number of aliphatic hydroxyl groups excluding tert-OH is 4. The first kappa shape index (κ1) is 15.5. The summed E-state index contributed by atoms with van der Waals surface area (Å²) in [7, 11) is 0. The Bertz CT molecular complexity index is 660. The second kappa shape index (κ2) is 6.04. The highest BCUT2D eigenvalue weighted by Crippen LogP contribution is 2.31. The zero-order valence-electron chi connectivity index (χ0n) is 11.4. The van der Waals surface area contributed by atoms with E-state index in [9.17, 15) is 15.3 Å². The van der Waals surface area contributed by atoms with Crippen molar-refractivity contribution in [1.82, 2.24) is 4.98 Å². The second-order valence-corrected chi connectivity index (χ2v) is 5.59. The Morgan fingerprint density at radius 2 is 1.95 bits per heavy atom. The first-order chi connectivity index (χ1) is 10.5. The number of halogens is 1. The molecule has 22 heavy (non-hydrogen) atoms. The predicted molar refractivity (Wildman–Crippen MR) is 77.7 cm³/mol. The van der Waals surface area contributed by atoms with Crippen molar-refractivity contribution >= 4 is 22.5 Å². The van der Waals surface area contributed by atoms with Crippen LogP contribution in [0.4, 0.5) is 0 Å². The van der Waals surface area contributed by atoms with Crippen LogP contribution in [0, 0.1) is 0 Å². The zero-order valence-corrected chi connectivity index (χ0v) is 12.1. The van der Waals surface area contributed by atoms with Crippen LogP contribution in [0.25, 0.3) is 10.9 Å². The fraction of sp³-hybridized carbons (Fsp3) is 0.429. The summed E-state index contributed by atoms with van der Waals surface area (Å²) in [5.74, 6) is 0.399. The lowest BCUT2D eigenvalue weighted by Crippen LogP contribution is -2.60. The van der Waals surface area contributed by atoms with Gasteiger partial charge in [0.05, 0.1) is 12.1 Å². The lowest BCUT2D eigenvalue weighted by Gasteiger charge is -2.39. The minimum atomic E-state index is -1.48. The molecule has 1 aromatic heterocycles. The van der Waals surface area contributed by atoms with Crippen molar-refractivity contribution in [2.75, 3.05) is 6.61 Å². The molecule has 1 aromatic carbocycles. The molecule has 5 N–H and O–H groups in total. The van der Waals surface area contributed by atoms with Crippen LogP contribution in [-0.2, 0) is 4.74 Å². The Kier molecular flexibility index (Phi) is 4.26. The van der Waals surface area contributed by atoms with Gasteiger partial charge in [0.2, 0.25) is 6.29 Å². The van der Waals surface area contributed by atoms with Gasteiger partial charge in [-0.15, -0.1) is 0 Å². The number of hydrogen-bond donors (Lipinski definition) is 5. The van der Waals surface area contributed by atoms with Gasteiger partial charge in [-0.3, -0.25) is 0 Å². The molecular weight excluding hydrogens is 314 g/mol. The van der Waals surface area contributed by atoms with E-state index in [1.807, 2.05) is 0 Å². The van der Waals surface area contributed by atoms with E-state index in [0.29, 0.717) is 10.8 Å². The molecule has 1 unspecified atom stereocenters. The molecule has 1 saturated heterocycles. The standard InChI is InChI=1S/C14H16ClNO6/c15-6-1-2-7-8(3-6)16-4-9(7)21-14-13(20)12(19)11(18)10(5-17)22-14/h1-4,10-14,16-20H,5H2/t10-,11+,12?,13-,14+/m1/s1. The fourth-order valence-electron chi connectivity index (χ4n) is 2.46. The molecule has 1 fully saturated rings. The molecule has 5 atom stereocenters. The molecule has 0 bridgehead atoms. The molecule has 0 saturated carbocycles. The molecule has 120 valence electrons. The summed E-state index contributed by atoms with van der Waals surface area (Å²) in [5, 5.41) is 39.9. The number of hydrogen-bond acceptors (Lipinski definition) is 6. The van der Waals surface area contributed by atoms with Crippen molar-refractivity contribution in [2.24, 2.45) is 0 Å². The maximum Gasteiger partial charge on any atom is 0.229 e. The summed E-state index contributed by atoms with van der Waals surface area (Å²) in [5.41, 5.74) is 0.743. The lowest BCUT2D eigenvalue weighted by atomic mass is 9.99. The van der Waals surface area contributed by atoms with Gasteiger partial charge in [-0.25, -0.2) is 0 Å². The molecule has 2 aromatic rings. The van der Waals surface area contributed by atoms with Gasteiger partial charge in [-0.1, -0.05) is 11.6 Å². The van der Waals surface area contributed by atoms with Gasteiger partial charge in [0.1, 0.15) is 30.2 Å². The predicted octanol–water partition coefficient (Wildman–Crippen LogP) is -0.000000000000000278. The molecule has 0 radical (unpaired) electrons. The summed E-state index contributed by atoms with van der Waals surface area (Å²) < 4.78 is 10.9. The van der Waals surface area contributed by atoms with Crippen LogP contribution in [0.2, 0.25) is 5.02 Å². The summed E-state index contributed by atoms with van der Waals surface area (Å²) >= 11 is 5.90. The fourth-order valence-corrected chi connectivity index (χ4v) is 2.63. The third-order valence-corrected chi connectivity index (χ3v) is 3.93. The van der Waals surface area contributed by atoms with E-state index in [1.54, 1.807) is 24.4 Å². The highest BCUT2D eigenvalue weighted by molar-refractivity contribution is 6.31. The van der Waals surface area contributed by atoms with Crippen molar-refractivity contribution in [3.63, 3.8) is 0 Å². The highest BCUT2D eigenvalue weighted by atomic mass is 35.5. The molecule has 0 amide bonds. The topological polar surface area (TPSA) is 115 Å². The van der Waals surface area contributed by atoms with Gasteiger partial charge in [-0.05, 0) is 18.2 Å². The van der Waals surface area contributed by atoms with E-state index in [-0.39, 0.29) is 0 Å². The summed E-state index contributed by atoms with van der Waals surface area (Å²) in [6.45, 7) is -0.506. The van der Waals surface area contributed by atoms with Crippen LogP contribution in [0.1, 0.15) is 0 Å². The molecule has 7 nitrogen and oxygen atoms in total. The van der Waals surface area contributed by atoms with E-state index in [0.717, 1.165) is 10.9 Å². The third kappa shape index (κ3) is 2.67. The molecule has 8 heteroatoms. The SMILES string of the molecule is OC[C@H]1O[C@H](Oc2c[nH]c3cc(Cl)ccc23)[C@H](O)C(O)[C@H]1O. The molecule has 0 aliphatic carbocycles. The molecule has 3 rings (SSSR count). The lowest BCUT2D eigenvalue weighted by molar-refractivity contribution is -0.277. The first-order valence-electron chi connectivity index (χ1n) is 6.75. The minimum Gasteiger partial charge on any atom is -0.460 e. The molecule has 2 heterocycles. The number of aliphatic hydroxyl groups is 4. The number of aromatic amines is 1. The van der Waals surface area contributed by atoms with E-state index in [2.05, 4.69) is 4.98 Å². The van der Waals surface area contributed by atoms with E-state index < -0.39 is 37.3 Å². The maximum absolute atomic E-state index is 9.96. The van der Waals surface area contributed by atoms with Gasteiger partial charge >= 0.3 is 0 Å². The van der Waals surface area contributed by atoms with Crippen LogP contribution >= 0.6 is 11.6 Å². The Hall–Kier alpha value is -1.35. The Morgan fingerprint density at radius 3 is 2.68 bits per heavy atom. The second-order valence-electron chi connectivity index (χ2n) is 5.16. The van der Waals surface area contributed by atoms with Crippen molar-refractivity contribution < 1.29 is 29.9 Å². The number of nitrogens with one attached hydrogen (secondary N) is 1. The van der Waals surface area contributed by atoms with Crippen LogP contribution in [-0.4, -0.2) is 62.7 Å². The smallest absolute Gasteiger partial charge is 0.229 e. The van der Waals surface area contributed by atoms with Crippen LogP contribution in [0.5, 0.6) is 5.75 Å². The monoisotopic (exact) mass is 329 g/mol. The summed E-state index contributed by atoms with van der Waals surface area (Å²) in [6, 6.07) is 5.16. The van der Waals surface area contributed by atoms with Crippen molar-refractivity contribution in [1.29, 1.82) is 0 Å². The molecule has 1 aliphatic rings. The summed E-state index contributed by atoms with van der Waals surface area (Å²) in [6.07, 6.45) is -5.00. The number of benzene rings is 1. The van der Waals surface area contributed by atoms with Crippen LogP contribution in [0.15, 0.2) is 24.4 Å². The van der Waals surface area contributed by atoms with Crippen molar-refractivity contribution in [2.45, 2.75) is 30.7 Å². The van der Waals surface area contributed by atoms with Crippen molar-refractivity contribution in [3.05, 3.63) is 29.4 Å². The first-order valence-corrected chi connectivity index (χ1v) is 7.13. The van der Waals surface area contributed by atoms with E-state index >= 15 is 0 Å². The van der Waals surface area contributed by atoms with E-state index in [1.165, 1.54) is 0 Å². The molecule has 1 aliphatic heterocycles. The Morgan fingerprint density at radius 1 is 1.18 bits per heavy atom. The average molecular weight is 330 g/mol. The quantitative estimate of drug-likeness (QED) is 0.541. The normalized spacial score (nSPS) is 32.3. The number of rotatable bonds is 3. The number of fused-ring (bicyclic) bond motifs is 1. The van der Waals surface area contributed by atoms with Gasteiger partial charge in [-0.2, -0.15) is 0 Å². The van der Waals surface area contributed by atoms with Crippen molar-refractivity contribution in [3.8, 4) is 5.75 Å². The van der Waals surface area contributed by atoms with Crippen LogP contribution in [0.3, 0.4) is 0 Å². The highest BCUT2D eigenvalue weighted by Gasteiger charge is 2.44. The largest absolute Gasteiger partial charge is 0.460 e. The number of ether oxygens (including phenoxy) is 2. The minimum absolute atomic E-state index is 0.399. The van der Waals surface area contributed by atoms with Gasteiger partial charge < -0.3 is 34.9 Å². The van der Waals surface area contributed by atoms with Crippen LogP contribution < -0.4 is 4.74 Å². The van der Waals surface area contributed by atoms with E-state index in [4.69, 9.17) is 26.2 Å². The maximum atomic E-state index is 9.96. The third-order valence-electron chi connectivity index (χ3n) is 3.70. The molecule has 0 spiro atoms. The number of H-pyrrole nitrogens is 1. The summed E-state index contributed by atoms with van der Waals surface area (Å²) in [4.78, 5) is 2.97. The molecular formula is C14H16ClNO6. The Balaban J connectivity index is 1.84. The van der Waals surface area contributed by atoms with Gasteiger partial charge in [0.25, 0.3) is 0 Å². The average Bonchev–Trinajstić information content (AvgIpc) is 2.90. The van der Waals surface area contributed by atoms with Gasteiger partial charge in [0, 0.05) is 16.6 Å².